The molecule has 1 aliphatic carbocycles. The molecule has 1 saturated heterocycles. The minimum Gasteiger partial charge on any atom is -0.465 e. The molecule has 0 aromatic rings. The molecule has 2 aliphatic rings. The Bertz CT molecular complexity index is 183. The number of rotatable bonds is 0. The molecule has 1 heterocycles. The van der Waals surface area contributed by atoms with E-state index >= 15 is 0 Å². The Morgan fingerprint density at radius 2 is 2.45 bits per heavy atom. The molecular formula is C7H12N2O2. The van der Waals surface area contributed by atoms with Crippen LogP contribution in [-0.2, 0) is 0 Å². The summed E-state index contributed by atoms with van der Waals surface area (Å²) in [6.07, 6.45) is 0.292. The van der Waals surface area contributed by atoms with Gasteiger partial charge in [0.15, 0.2) is 0 Å². The first kappa shape index (κ1) is 6.91. The van der Waals surface area contributed by atoms with Crippen molar-refractivity contribution in [1.29, 1.82) is 0 Å². The normalized spacial score (nSPS) is 35.8. The van der Waals surface area contributed by atoms with E-state index in [9.17, 15) is 4.79 Å². The Labute approximate surface area is 65.2 Å². The molecule has 1 saturated carbocycles. The second-order valence-corrected chi connectivity index (χ2v) is 3.24. The molecule has 0 aromatic heterocycles. The molecule has 4 heteroatoms. The predicted molar refractivity (Wildman–Crippen MR) is 39.5 cm³/mol. The van der Waals surface area contributed by atoms with Crippen molar-refractivity contribution in [1.82, 2.24) is 10.2 Å². The topological polar surface area (TPSA) is 52.6 Å². The highest BCUT2D eigenvalue weighted by atomic mass is 16.4. The number of fused-ring (bicyclic) bond motifs is 1. The number of hydrogen-bond acceptors (Lipinski definition) is 2. The second kappa shape index (κ2) is 2.37. The zero-order chi connectivity index (χ0) is 7.84. The van der Waals surface area contributed by atoms with E-state index in [-0.39, 0.29) is 0 Å². The highest BCUT2D eigenvalue weighted by molar-refractivity contribution is 5.66. The van der Waals surface area contributed by atoms with Crippen LogP contribution in [0.2, 0.25) is 0 Å². The summed E-state index contributed by atoms with van der Waals surface area (Å²) in [7, 11) is 0. The highest BCUT2D eigenvalue weighted by Crippen LogP contribution is 2.35. The Hall–Kier alpha value is -0.770. The average Bonchev–Trinajstić information content (AvgIpc) is 2.60. The van der Waals surface area contributed by atoms with Gasteiger partial charge < -0.3 is 15.3 Å². The van der Waals surface area contributed by atoms with Crippen LogP contribution in [0.5, 0.6) is 0 Å². The molecule has 4 nitrogen and oxygen atoms in total. The van der Waals surface area contributed by atoms with Gasteiger partial charge in [-0.2, -0.15) is 0 Å². The second-order valence-electron chi connectivity index (χ2n) is 3.24. The van der Waals surface area contributed by atoms with Crippen molar-refractivity contribution in [2.24, 2.45) is 5.92 Å². The molecule has 62 valence electrons. The molecule has 2 rings (SSSR count). The summed E-state index contributed by atoms with van der Waals surface area (Å²) in [6, 6.07) is 0.322. The number of nitrogens with zero attached hydrogens (tertiary/aromatic N) is 1. The zero-order valence-corrected chi connectivity index (χ0v) is 6.29. The van der Waals surface area contributed by atoms with Crippen LogP contribution in [-0.4, -0.2) is 41.8 Å². The van der Waals surface area contributed by atoms with Crippen LogP contribution in [0.4, 0.5) is 4.79 Å². The average molecular weight is 156 g/mol. The van der Waals surface area contributed by atoms with Gasteiger partial charge in [0.2, 0.25) is 0 Å². The maximum atomic E-state index is 10.6. The third-order valence-corrected chi connectivity index (χ3v) is 2.47. The first-order chi connectivity index (χ1) is 5.29. The maximum absolute atomic E-state index is 10.6. The molecule has 1 aliphatic heterocycles. The number of carboxylic acid groups (broad SMARTS) is 1. The van der Waals surface area contributed by atoms with Crippen LogP contribution in [0.15, 0.2) is 0 Å². The quantitative estimate of drug-likeness (QED) is 0.517. The van der Waals surface area contributed by atoms with Crippen LogP contribution < -0.4 is 5.32 Å². The summed E-state index contributed by atoms with van der Waals surface area (Å²) >= 11 is 0. The summed E-state index contributed by atoms with van der Waals surface area (Å²) in [5.41, 5.74) is 0. The van der Waals surface area contributed by atoms with E-state index in [0.717, 1.165) is 19.5 Å². The van der Waals surface area contributed by atoms with Gasteiger partial charge in [-0.05, 0) is 12.3 Å². The van der Waals surface area contributed by atoms with Gasteiger partial charge in [-0.25, -0.2) is 4.79 Å². The van der Waals surface area contributed by atoms with Crippen LogP contribution >= 0.6 is 0 Å². The Morgan fingerprint density at radius 3 is 3.18 bits per heavy atom. The van der Waals surface area contributed by atoms with Gasteiger partial charge in [-0.1, -0.05) is 0 Å². The van der Waals surface area contributed by atoms with Gasteiger partial charge in [0.05, 0.1) is 0 Å². The lowest BCUT2D eigenvalue weighted by Crippen LogP contribution is -2.35. The first-order valence-electron chi connectivity index (χ1n) is 3.99. The lowest BCUT2D eigenvalue weighted by atomic mass is 10.4. The van der Waals surface area contributed by atoms with E-state index in [1.54, 1.807) is 4.90 Å². The Kier molecular flexibility index (Phi) is 1.49. The van der Waals surface area contributed by atoms with E-state index in [4.69, 9.17) is 5.11 Å². The lowest BCUT2D eigenvalue weighted by molar-refractivity contribution is 0.143. The first-order valence-corrected chi connectivity index (χ1v) is 3.99. The fourth-order valence-corrected chi connectivity index (χ4v) is 1.72. The zero-order valence-electron chi connectivity index (χ0n) is 6.29. The van der Waals surface area contributed by atoms with Crippen LogP contribution in [0.1, 0.15) is 6.42 Å². The Morgan fingerprint density at radius 1 is 1.64 bits per heavy atom. The summed E-state index contributed by atoms with van der Waals surface area (Å²) in [4.78, 5) is 12.2. The van der Waals surface area contributed by atoms with Gasteiger partial charge in [-0.15, -0.1) is 0 Å². The molecule has 0 bridgehead atoms. The van der Waals surface area contributed by atoms with Gasteiger partial charge in [-0.3, -0.25) is 0 Å². The fourth-order valence-electron chi connectivity index (χ4n) is 1.72. The van der Waals surface area contributed by atoms with Crippen molar-refractivity contribution in [3.63, 3.8) is 0 Å². The predicted octanol–water partition coefficient (Wildman–Crippen LogP) is -0.0419. The third-order valence-electron chi connectivity index (χ3n) is 2.47. The summed E-state index contributed by atoms with van der Waals surface area (Å²) in [5.74, 6) is 0.591. The molecule has 2 N–H and O–H groups in total. The molecule has 0 spiro atoms. The monoisotopic (exact) mass is 156 g/mol. The van der Waals surface area contributed by atoms with Gasteiger partial charge in [0.1, 0.15) is 0 Å². The fraction of sp³-hybridized carbons (Fsp3) is 0.857. The van der Waals surface area contributed by atoms with Crippen molar-refractivity contribution in [3.8, 4) is 0 Å². The molecular weight excluding hydrogens is 144 g/mol. The van der Waals surface area contributed by atoms with E-state index in [1.807, 2.05) is 0 Å². The number of hydrogen-bond donors (Lipinski definition) is 2. The summed E-state index contributed by atoms with van der Waals surface area (Å²) < 4.78 is 0. The maximum Gasteiger partial charge on any atom is 0.407 e. The van der Waals surface area contributed by atoms with Crippen molar-refractivity contribution in [2.75, 3.05) is 19.6 Å². The van der Waals surface area contributed by atoms with Gasteiger partial charge in [0.25, 0.3) is 0 Å². The van der Waals surface area contributed by atoms with Crippen molar-refractivity contribution < 1.29 is 9.90 Å². The van der Waals surface area contributed by atoms with Crippen LogP contribution in [0.3, 0.4) is 0 Å². The molecule has 11 heavy (non-hydrogen) atoms. The van der Waals surface area contributed by atoms with Crippen LogP contribution in [0, 0.1) is 5.92 Å². The van der Waals surface area contributed by atoms with Crippen molar-refractivity contribution >= 4 is 6.09 Å². The van der Waals surface area contributed by atoms with E-state index in [2.05, 4.69) is 5.32 Å². The highest BCUT2D eigenvalue weighted by Gasteiger charge is 2.44. The minimum absolute atomic E-state index is 0.322. The lowest BCUT2D eigenvalue weighted by Gasteiger charge is -2.16. The number of nitrogens with one attached hydrogen (secondary N) is 1. The van der Waals surface area contributed by atoms with E-state index < -0.39 is 6.09 Å². The molecule has 2 unspecified atom stereocenters. The SMILES string of the molecule is O=C(O)N1CCNCC2CC21. The van der Waals surface area contributed by atoms with Crippen molar-refractivity contribution in [3.05, 3.63) is 0 Å². The largest absolute Gasteiger partial charge is 0.465 e. The standard InChI is InChI=1S/C7H12N2O2/c10-7(11)9-2-1-8-4-5-3-6(5)9/h5-6,8H,1-4H2,(H,10,11). The van der Waals surface area contributed by atoms with Gasteiger partial charge in [0, 0.05) is 25.7 Å². The number of amides is 1. The van der Waals surface area contributed by atoms with E-state index in [1.165, 1.54) is 0 Å². The van der Waals surface area contributed by atoms with Crippen molar-refractivity contribution in [2.45, 2.75) is 12.5 Å². The molecule has 1 amide bonds. The Balaban J connectivity index is 2.02. The van der Waals surface area contributed by atoms with Gasteiger partial charge >= 0.3 is 6.09 Å². The third kappa shape index (κ3) is 1.18. The molecule has 2 fully saturated rings. The van der Waals surface area contributed by atoms with Crippen LogP contribution in [0.25, 0.3) is 0 Å². The van der Waals surface area contributed by atoms with E-state index in [0.29, 0.717) is 18.5 Å². The number of carbonyl (C=O) groups is 1. The molecule has 0 aromatic carbocycles. The molecule has 0 radical (unpaired) electrons. The summed E-state index contributed by atoms with van der Waals surface area (Å²) in [6.45, 7) is 2.45. The summed E-state index contributed by atoms with van der Waals surface area (Å²) in [5, 5.41) is 12.0. The minimum atomic E-state index is -0.763. The molecule has 2 atom stereocenters. The smallest absolute Gasteiger partial charge is 0.407 e.